The maximum absolute atomic E-state index is 10.2. The second-order valence-corrected chi connectivity index (χ2v) is 6.35. The van der Waals surface area contributed by atoms with E-state index in [0.29, 0.717) is 0 Å². The van der Waals surface area contributed by atoms with E-state index in [-0.39, 0.29) is 6.10 Å². The van der Waals surface area contributed by atoms with Crippen LogP contribution >= 0.6 is 0 Å². The zero-order valence-electron chi connectivity index (χ0n) is 7.76. The van der Waals surface area contributed by atoms with Crippen molar-refractivity contribution in [1.29, 1.82) is 0 Å². The van der Waals surface area contributed by atoms with E-state index in [4.69, 9.17) is 0 Å². The number of aliphatic hydroxyl groups excluding tert-OH is 1. The monoisotopic (exact) mass is 176 g/mol. The van der Waals surface area contributed by atoms with Crippen molar-refractivity contribution in [3.8, 4) is 0 Å². The summed E-state index contributed by atoms with van der Waals surface area (Å²) in [7, 11) is 0. The first-order valence-corrected chi connectivity index (χ1v) is 6.04. The Morgan fingerprint density at radius 1 is 0.692 bits per heavy atom. The Labute approximate surface area is 78.5 Å². The quantitative estimate of drug-likeness (QED) is 0.593. The van der Waals surface area contributed by atoms with Crippen molar-refractivity contribution in [2.24, 2.45) is 47.3 Å². The Balaban J connectivity index is 1.82. The molecule has 0 aliphatic heterocycles. The van der Waals surface area contributed by atoms with Crippen molar-refractivity contribution in [3.63, 3.8) is 0 Å². The van der Waals surface area contributed by atoms with E-state index in [1.165, 1.54) is 12.8 Å². The summed E-state index contributed by atoms with van der Waals surface area (Å²) in [6, 6.07) is 0. The molecule has 0 spiro atoms. The number of fused-ring (bicyclic) bond motifs is 5. The predicted molar refractivity (Wildman–Crippen MR) is 47.8 cm³/mol. The van der Waals surface area contributed by atoms with Gasteiger partial charge in [-0.05, 0) is 66.6 Å². The van der Waals surface area contributed by atoms with Crippen LogP contribution in [0.3, 0.4) is 0 Å². The molecule has 1 N–H and O–H groups in total. The summed E-state index contributed by atoms with van der Waals surface area (Å²) in [6.07, 6.45) is 4.59. The Morgan fingerprint density at radius 2 is 1.46 bits per heavy atom. The van der Waals surface area contributed by atoms with Crippen molar-refractivity contribution in [2.45, 2.75) is 25.4 Å². The highest BCUT2D eigenvalue weighted by atomic mass is 16.3. The van der Waals surface area contributed by atoms with Gasteiger partial charge in [-0.3, -0.25) is 0 Å². The molecular weight excluding hydrogens is 160 g/mol. The first kappa shape index (κ1) is 6.44. The van der Waals surface area contributed by atoms with Crippen LogP contribution in [-0.2, 0) is 0 Å². The van der Waals surface area contributed by atoms with Crippen molar-refractivity contribution in [3.05, 3.63) is 0 Å². The van der Waals surface area contributed by atoms with Crippen molar-refractivity contribution in [2.75, 3.05) is 0 Å². The summed E-state index contributed by atoms with van der Waals surface area (Å²) >= 11 is 0. The molecule has 5 rings (SSSR count). The van der Waals surface area contributed by atoms with E-state index >= 15 is 0 Å². The van der Waals surface area contributed by atoms with Gasteiger partial charge >= 0.3 is 0 Å². The zero-order valence-corrected chi connectivity index (χ0v) is 7.76. The molecule has 70 valence electrons. The van der Waals surface area contributed by atoms with Gasteiger partial charge in [0.1, 0.15) is 0 Å². The van der Waals surface area contributed by atoms with Crippen LogP contribution in [0.1, 0.15) is 19.3 Å². The minimum absolute atomic E-state index is 0.131. The van der Waals surface area contributed by atoms with Crippen LogP contribution in [0, 0.1) is 47.3 Å². The highest BCUT2D eigenvalue weighted by molar-refractivity contribution is 5.23. The second kappa shape index (κ2) is 1.60. The van der Waals surface area contributed by atoms with Crippen LogP contribution < -0.4 is 0 Å². The lowest BCUT2D eigenvalue weighted by atomic mass is 9.77. The fourth-order valence-corrected chi connectivity index (χ4v) is 6.70. The molecule has 9 atom stereocenters. The molecule has 8 unspecified atom stereocenters. The summed E-state index contributed by atoms with van der Waals surface area (Å²) in [6.45, 7) is 0. The molecule has 13 heavy (non-hydrogen) atoms. The molecule has 5 aliphatic rings. The summed E-state index contributed by atoms with van der Waals surface area (Å²) in [5, 5.41) is 10.2. The molecule has 0 aromatic heterocycles. The molecule has 4 bridgehead atoms. The van der Waals surface area contributed by atoms with Crippen LogP contribution in [0.4, 0.5) is 0 Å². The smallest absolute Gasteiger partial charge is 0.0605 e. The van der Waals surface area contributed by atoms with Gasteiger partial charge in [-0.1, -0.05) is 0 Å². The number of rotatable bonds is 0. The first-order valence-electron chi connectivity index (χ1n) is 6.04. The van der Waals surface area contributed by atoms with Gasteiger partial charge in [0.25, 0.3) is 0 Å². The van der Waals surface area contributed by atoms with Crippen LogP contribution in [0.25, 0.3) is 0 Å². The van der Waals surface area contributed by atoms with E-state index < -0.39 is 0 Å². The summed E-state index contributed by atoms with van der Waals surface area (Å²) in [5.74, 6) is 7.68. The lowest BCUT2D eigenvalue weighted by molar-refractivity contribution is 0.0327. The third-order valence-corrected chi connectivity index (χ3v) is 6.54. The molecule has 0 aromatic rings. The predicted octanol–water partition coefficient (Wildman–Crippen LogP) is 1.52. The molecule has 0 heterocycles. The van der Waals surface area contributed by atoms with E-state index in [0.717, 1.165) is 47.3 Å². The third kappa shape index (κ3) is 0.439. The van der Waals surface area contributed by atoms with Gasteiger partial charge in [-0.25, -0.2) is 0 Å². The van der Waals surface area contributed by atoms with Crippen molar-refractivity contribution in [1.82, 2.24) is 0 Å². The van der Waals surface area contributed by atoms with E-state index in [2.05, 4.69) is 0 Å². The fourth-order valence-electron chi connectivity index (χ4n) is 6.70. The van der Waals surface area contributed by atoms with E-state index in [1.54, 1.807) is 6.42 Å². The number of hydrogen-bond acceptors (Lipinski definition) is 1. The second-order valence-electron chi connectivity index (χ2n) is 6.35. The Bertz CT molecular complexity index is 290. The Morgan fingerprint density at radius 3 is 2.31 bits per heavy atom. The van der Waals surface area contributed by atoms with E-state index in [9.17, 15) is 5.11 Å². The maximum Gasteiger partial charge on any atom is 0.0605 e. The van der Waals surface area contributed by atoms with Gasteiger partial charge in [0.05, 0.1) is 6.10 Å². The molecular formula is C12H16O. The van der Waals surface area contributed by atoms with Crippen LogP contribution in [0.15, 0.2) is 0 Å². The molecule has 1 nitrogen and oxygen atoms in total. The van der Waals surface area contributed by atoms with Gasteiger partial charge in [0, 0.05) is 0 Å². The van der Waals surface area contributed by atoms with Crippen LogP contribution in [0.5, 0.6) is 0 Å². The Kier molecular flexibility index (Phi) is 0.793. The minimum Gasteiger partial charge on any atom is -0.393 e. The molecule has 0 saturated heterocycles. The largest absolute Gasteiger partial charge is 0.393 e. The molecule has 5 saturated carbocycles. The number of hydrogen-bond donors (Lipinski definition) is 1. The van der Waals surface area contributed by atoms with Gasteiger partial charge in [0.15, 0.2) is 0 Å². The lowest BCUT2D eigenvalue weighted by Gasteiger charge is -2.30. The van der Waals surface area contributed by atoms with Gasteiger partial charge in [-0.15, -0.1) is 0 Å². The average molecular weight is 176 g/mol. The van der Waals surface area contributed by atoms with Gasteiger partial charge < -0.3 is 5.11 Å². The fraction of sp³-hybridized carbons (Fsp3) is 1.00. The average Bonchev–Trinajstić information content (AvgIpc) is 2.74. The van der Waals surface area contributed by atoms with Gasteiger partial charge in [0.2, 0.25) is 0 Å². The molecule has 0 amide bonds. The third-order valence-electron chi connectivity index (χ3n) is 6.54. The Hall–Kier alpha value is -0.0400. The summed E-state index contributed by atoms with van der Waals surface area (Å²) < 4.78 is 0. The highest BCUT2D eigenvalue weighted by Crippen LogP contribution is 2.78. The van der Waals surface area contributed by atoms with Gasteiger partial charge in [-0.2, -0.15) is 0 Å². The van der Waals surface area contributed by atoms with Crippen LogP contribution in [0.2, 0.25) is 0 Å². The lowest BCUT2D eigenvalue weighted by Crippen LogP contribution is -2.32. The van der Waals surface area contributed by atoms with Crippen LogP contribution in [-0.4, -0.2) is 11.2 Å². The SMILES string of the molecule is O[C@H]1C2CC3C4C5CC(CC5C31)C42. The summed E-state index contributed by atoms with van der Waals surface area (Å²) in [4.78, 5) is 0. The normalized spacial score (nSPS) is 80.5. The zero-order chi connectivity index (χ0) is 8.32. The number of aliphatic hydroxyl groups is 1. The first-order chi connectivity index (χ1) is 6.36. The summed E-state index contributed by atoms with van der Waals surface area (Å²) in [5.41, 5.74) is 0. The van der Waals surface area contributed by atoms with E-state index in [1.807, 2.05) is 0 Å². The molecule has 0 aromatic carbocycles. The molecule has 5 aliphatic carbocycles. The molecule has 0 radical (unpaired) electrons. The van der Waals surface area contributed by atoms with Crippen molar-refractivity contribution < 1.29 is 5.11 Å². The molecule has 5 fully saturated rings. The molecule has 1 heteroatoms. The van der Waals surface area contributed by atoms with Crippen molar-refractivity contribution >= 4 is 0 Å². The maximum atomic E-state index is 10.2. The highest BCUT2D eigenvalue weighted by Gasteiger charge is 2.75. The standard InChI is InChI=1S/C12H16O/c13-12-8-3-7-10-5-1-4(9(8)10)2-6(5)11(7)12/h4-13H,1-3H2/t4?,5?,6?,7?,8?,9?,10?,11?,12-/m0/s1. The topological polar surface area (TPSA) is 20.2 Å². The minimum atomic E-state index is 0.131.